The minimum absolute atomic E-state index is 0.0294. The van der Waals surface area contributed by atoms with Crippen LogP contribution in [0, 0.1) is 0 Å². The van der Waals surface area contributed by atoms with E-state index in [1.54, 1.807) is 0 Å². The SMILES string of the molecule is CCN(CC)c1ccc(C2C(=O)CC(c3ccccc3)C3=C2Nc2ccccc2CN3)cc1. The van der Waals surface area contributed by atoms with Gasteiger partial charge in [0.15, 0.2) is 0 Å². The van der Waals surface area contributed by atoms with Crippen molar-refractivity contribution >= 4 is 17.2 Å². The van der Waals surface area contributed by atoms with Crippen LogP contribution < -0.4 is 15.5 Å². The molecule has 4 nitrogen and oxygen atoms in total. The molecule has 5 rings (SSSR count). The first kappa shape index (κ1) is 21.3. The predicted molar refractivity (Wildman–Crippen MR) is 135 cm³/mol. The summed E-state index contributed by atoms with van der Waals surface area (Å²) in [5, 5.41) is 7.40. The van der Waals surface area contributed by atoms with Crippen LogP contribution >= 0.6 is 0 Å². The molecule has 33 heavy (non-hydrogen) atoms. The number of hydrogen-bond acceptors (Lipinski definition) is 4. The Morgan fingerprint density at radius 2 is 1.52 bits per heavy atom. The lowest BCUT2D eigenvalue weighted by atomic mass is 9.76. The van der Waals surface area contributed by atoms with E-state index >= 15 is 0 Å². The number of hydrogen-bond donors (Lipinski definition) is 2. The molecule has 2 unspecified atom stereocenters. The zero-order valence-corrected chi connectivity index (χ0v) is 19.3. The number of carbonyl (C=O) groups is 1. The number of nitrogens with zero attached hydrogens (tertiary/aromatic N) is 1. The lowest BCUT2D eigenvalue weighted by molar-refractivity contribution is -0.120. The van der Waals surface area contributed by atoms with Crippen molar-refractivity contribution in [3.63, 3.8) is 0 Å². The fraction of sp³-hybridized carbons (Fsp3) is 0.276. The van der Waals surface area contributed by atoms with E-state index in [-0.39, 0.29) is 17.6 Å². The maximum Gasteiger partial charge on any atom is 0.147 e. The standard InChI is InChI=1S/C29H31N3O/c1-3-32(4-2)23-16-14-21(15-17-23)27-26(33)18-24(20-10-6-5-7-11-20)28-29(27)31-25-13-9-8-12-22(25)19-30-28/h5-17,24,27,30-31H,3-4,18-19H2,1-2H3. The molecule has 0 aromatic heterocycles. The summed E-state index contributed by atoms with van der Waals surface area (Å²) in [7, 11) is 0. The van der Waals surface area contributed by atoms with Gasteiger partial charge in [-0.05, 0) is 48.7 Å². The summed E-state index contributed by atoms with van der Waals surface area (Å²) in [6.07, 6.45) is 0.496. The van der Waals surface area contributed by atoms with Crippen LogP contribution in [0.1, 0.15) is 48.8 Å². The molecule has 3 aromatic carbocycles. The van der Waals surface area contributed by atoms with E-state index in [4.69, 9.17) is 0 Å². The van der Waals surface area contributed by atoms with Crippen molar-refractivity contribution in [1.29, 1.82) is 0 Å². The second-order valence-electron chi connectivity index (χ2n) is 8.79. The Labute approximate surface area is 196 Å². The molecule has 168 valence electrons. The monoisotopic (exact) mass is 437 g/mol. The van der Waals surface area contributed by atoms with Gasteiger partial charge in [0, 0.05) is 49.0 Å². The van der Waals surface area contributed by atoms with Gasteiger partial charge < -0.3 is 15.5 Å². The Bertz CT molecular complexity index is 1160. The molecule has 0 radical (unpaired) electrons. The van der Waals surface area contributed by atoms with Gasteiger partial charge in [0.25, 0.3) is 0 Å². The van der Waals surface area contributed by atoms with Crippen molar-refractivity contribution in [3.05, 3.63) is 107 Å². The molecule has 2 atom stereocenters. The molecule has 1 aliphatic heterocycles. The van der Waals surface area contributed by atoms with Gasteiger partial charge in [0.2, 0.25) is 0 Å². The van der Waals surface area contributed by atoms with Gasteiger partial charge in [0.05, 0.1) is 11.6 Å². The first-order valence-electron chi connectivity index (χ1n) is 11.9. The number of benzene rings is 3. The molecule has 3 aromatic rings. The number of para-hydroxylation sites is 1. The Morgan fingerprint density at radius 3 is 2.24 bits per heavy atom. The molecule has 0 saturated carbocycles. The van der Waals surface area contributed by atoms with Crippen molar-refractivity contribution in [2.75, 3.05) is 23.3 Å². The fourth-order valence-corrected chi connectivity index (χ4v) is 5.20. The summed E-state index contributed by atoms with van der Waals surface area (Å²) >= 11 is 0. The molecule has 4 heteroatoms. The highest BCUT2D eigenvalue weighted by Crippen LogP contribution is 2.43. The van der Waals surface area contributed by atoms with E-state index in [9.17, 15) is 4.79 Å². The van der Waals surface area contributed by atoms with Gasteiger partial charge >= 0.3 is 0 Å². The zero-order chi connectivity index (χ0) is 22.8. The van der Waals surface area contributed by atoms with Crippen LogP contribution in [-0.2, 0) is 11.3 Å². The van der Waals surface area contributed by atoms with Crippen LogP contribution in [0.25, 0.3) is 0 Å². The van der Waals surface area contributed by atoms with Crippen molar-refractivity contribution in [2.45, 2.75) is 38.6 Å². The van der Waals surface area contributed by atoms with Crippen LogP contribution in [0.2, 0.25) is 0 Å². The maximum absolute atomic E-state index is 13.7. The third-order valence-electron chi connectivity index (χ3n) is 6.97. The number of anilines is 2. The number of Topliss-reactive ketones (excluding diaryl/α,β-unsaturated/α-hetero) is 1. The third-order valence-corrected chi connectivity index (χ3v) is 6.97. The summed E-state index contributed by atoms with van der Waals surface area (Å²) in [6, 6.07) is 27.3. The van der Waals surface area contributed by atoms with Gasteiger partial charge in [-0.1, -0.05) is 60.7 Å². The number of allylic oxidation sites excluding steroid dienone is 2. The van der Waals surface area contributed by atoms with Crippen molar-refractivity contribution in [1.82, 2.24) is 5.32 Å². The van der Waals surface area contributed by atoms with Gasteiger partial charge in [-0.3, -0.25) is 4.79 Å². The molecular formula is C29H31N3O. The van der Waals surface area contributed by atoms with E-state index in [1.807, 2.05) is 12.1 Å². The summed E-state index contributed by atoms with van der Waals surface area (Å²) < 4.78 is 0. The van der Waals surface area contributed by atoms with E-state index in [1.165, 1.54) is 16.8 Å². The molecular weight excluding hydrogens is 406 g/mol. The zero-order valence-electron chi connectivity index (χ0n) is 19.3. The van der Waals surface area contributed by atoms with Crippen molar-refractivity contribution < 1.29 is 4.79 Å². The number of nitrogens with one attached hydrogen (secondary N) is 2. The average Bonchev–Trinajstić information content (AvgIpc) is 3.05. The molecule has 2 aliphatic rings. The van der Waals surface area contributed by atoms with Crippen molar-refractivity contribution in [3.8, 4) is 0 Å². The maximum atomic E-state index is 13.7. The Kier molecular flexibility index (Phi) is 5.91. The van der Waals surface area contributed by atoms with E-state index in [0.717, 1.165) is 42.3 Å². The van der Waals surface area contributed by atoms with Gasteiger partial charge in [-0.25, -0.2) is 0 Å². The van der Waals surface area contributed by atoms with Gasteiger partial charge in [-0.2, -0.15) is 0 Å². The molecule has 0 amide bonds. The fourth-order valence-electron chi connectivity index (χ4n) is 5.20. The Morgan fingerprint density at radius 1 is 0.818 bits per heavy atom. The van der Waals surface area contributed by atoms with Crippen molar-refractivity contribution in [2.24, 2.45) is 0 Å². The normalized spacial score (nSPS) is 19.6. The lowest BCUT2D eigenvalue weighted by Gasteiger charge is -2.34. The minimum atomic E-state index is -0.302. The second kappa shape index (κ2) is 9.14. The third kappa shape index (κ3) is 4.02. The van der Waals surface area contributed by atoms with Gasteiger partial charge in [-0.15, -0.1) is 0 Å². The minimum Gasteiger partial charge on any atom is -0.382 e. The van der Waals surface area contributed by atoms with Crippen LogP contribution in [-0.4, -0.2) is 18.9 Å². The Balaban J connectivity index is 1.60. The average molecular weight is 438 g/mol. The highest BCUT2D eigenvalue weighted by atomic mass is 16.1. The molecule has 0 bridgehead atoms. The molecule has 0 spiro atoms. The summed E-state index contributed by atoms with van der Waals surface area (Å²) in [6.45, 7) is 7.01. The van der Waals surface area contributed by atoms with Crippen LogP contribution in [0.15, 0.2) is 90.3 Å². The quantitative estimate of drug-likeness (QED) is 0.529. The largest absolute Gasteiger partial charge is 0.382 e. The number of rotatable bonds is 5. The first-order valence-corrected chi connectivity index (χ1v) is 11.9. The van der Waals surface area contributed by atoms with Crippen LogP contribution in [0.3, 0.4) is 0 Å². The van der Waals surface area contributed by atoms with E-state index < -0.39 is 0 Å². The first-order chi connectivity index (χ1) is 16.2. The highest BCUT2D eigenvalue weighted by molar-refractivity contribution is 5.93. The molecule has 1 heterocycles. The topological polar surface area (TPSA) is 44.4 Å². The summed E-state index contributed by atoms with van der Waals surface area (Å²) in [4.78, 5) is 16.0. The number of fused-ring (bicyclic) bond motifs is 1. The molecule has 0 saturated heterocycles. The highest BCUT2D eigenvalue weighted by Gasteiger charge is 2.38. The molecule has 0 fully saturated rings. The van der Waals surface area contributed by atoms with Crippen LogP contribution in [0.5, 0.6) is 0 Å². The Hall–Kier alpha value is -3.53. The van der Waals surface area contributed by atoms with Crippen LogP contribution in [0.4, 0.5) is 11.4 Å². The summed E-state index contributed by atoms with van der Waals surface area (Å²) in [5.41, 5.74) is 7.82. The lowest BCUT2D eigenvalue weighted by Crippen LogP contribution is -2.33. The predicted octanol–water partition coefficient (Wildman–Crippen LogP) is 5.80. The molecule has 2 N–H and O–H groups in total. The smallest absolute Gasteiger partial charge is 0.147 e. The number of ketones is 1. The second-order valence-corrected chi connectivity index (χ2v) is 8.79. The van der Waals surface area contributed by atoms with E-state index in [0.29, 0.717) is 6.42 Å². The molecule has 1 aliphatic carbocycles. The van der Waals surface area contributed by atoms with Gasteiger partial charge in [0.1, 0.15) is 5.78 Å². The van der Waals surface area contributed by atoms with E-state index in [2.05, 4.69) is 96.1 Å². The summed E-state index contributed by atoms with van der Waals surface area (Å²) in [5.74, 6) is -0.0158. The number of carbonyl (C=O) groups excluding carboxylic acids is 1.